The van der Waals surface area contributed by atoms with E-state index in [0.29, 0.717) is 22.6 Å². The van der Waals surface area contributed by atoms with Crippen LogP contribution in [0.4, 0.5) is 0 Å². The number of H-pyrrole nitrogens is 1. The third kappa shape index (κ3) is 1.68. The van der Waals surface area contributed by atoms with Gasteiger partial charge in [0.05, 0.1) is 19.7 Å². The summed E-state index contributed by atoms with van der Waals surface area (Å²) in [5, 5.41) is 9.72. The van der Waals surface area contributed by atoms with Crippen LogP contribution in [-0.4, -0.2) is 19.2 Å². The Labute approximate surface area is 104 Å². The van der Waals surface area contributed by atoms with Crippen molar-refractivity contribution in [3.63, 3.8) is 0 Å². The number of aromatic amines is 1. The third-order valence-electron chi connectivity index (χ3n) is 2.89. The predicted octanol–water partition coefficient (Wildman–Crippen LogP) is 1.73. The van der Waals surface area contributed by atoms with Gasteiger partial charge in [0.25, 0.3) is 5.56 Å². The van der Waals surface area contributed by atoms with Crippen LogP contribution in [0.3, 0.4) is 0 Å². The lowest BCUT2D eigenvalue weighted by Gasteiger charge is -2.10. The highest BCUT2D eigenvalue weighted by Crippen LogP contribution is 2.31. The maximum absolute atomic E-state index is 11.7. The molecule has 0 bridgehead atoms. The molecule has 1 aromatic carbocycles. The maximum atomic E-state index is 11.7. The van der Waals surface area contributed by atoms with E-state index in [9.17, 15) is 4.79 Å². The largest absolute Gasteiger partial charge is 0.497 e. The SMILES string of the molecule is COc1cc(OC)c2[nH]c(=O)c(C#N)c(C)c2c1. The number of hydrogen-bond acceptors (Lipinski definition) is 4. The molecular weight excluding hydrogens is 232 g/mol. The summed E-state index contributed by atoms with van der Waals surface area (Å²) in [6.45, 7) is 1.73. The predicted molar refractivity (Wildman–Crippen MR) is 67.1 cm³/mol. The number of benzene rings is 1. The molecule has 0 spiro atoms. The molecule has 18 heavy (non-hydrogen) atoms. The summed E-state index contributed by atoms with van der Waals surface area (Å²) in [5.74, 6) is 1.12. The molecule has 0 atom stereocenters. The Morgan fingerprint density at radius 3 is 2.56 bits per heavy atom. The van der Waals surface area contributed by atoms with E-state index in [4.69, 9.17) is 14.7 Å². The Hall–Kier alpha value is -2.48. The Balaban J connectivity index is 2.97. The van der Waals surface area contributed by atoms with Crippen LogP contribution in [0.15, 0.2) is 16.9 Å². The van der Waals surface area contributed by atoms with Crippen LogP contribution in [0, 0.1) is 18.3 Å². The second-order valence-electron chi connectivity index (χ2n) is 3.82. The molecule has 5 heteroatoms. The van der Waals surface area contributed by atoms with Crippen molar-refractivity contribution in [2.24, 2.45) is 0 Å². The van der Waals surface area contributed by atoms with Gasteiger partial charge in [0.1, 0.15) is 23.1 Å². The van der Waals surface area contributed by atoms with Gasteiger partial charge in [0.15, 0.2) is 0 Å². The summed E-state index contributed by atoms with van der Waals surface area (Å²) in [4.78, 5) is 14.4. The fourth-order valence-corrected chi connectivity index (χ4v) is 1.91. The standard InChI is InChI=1S/C13H12N2O3/c1-7-9-4-8(17-2)5-11(18-3)12(9)15-13(16)10(7)6-14/h4-5H,1-3H3,(H,15,16). The molecule has 2 aromatic rings. The van der Waals surface area contributed by atoms with Crippen LogP contribution in [0.1, 0.15) is 11.1 Å². The zero-order valence-corrected chi connectivity index (χ0v) is 10.3. The minimum Gasteiger partial charge on any atom is -0.497 e. The number of hydrogen-bond donors (Lipinski definition) is 1. The summed E-state index contributed by atoms with van der Waals surface area (Å²) in [5.41, 5.74) is 0.886. The molecular formula is C13H12N2O3. The number of aryl methyl sites for hydroxylation is 1. The molecule has 0 fully saturated rings. The van der Waals surface area contributed by atoms with Gasteiger partial charge in [0, 0.05) is 11.5 Å². The topological polar surface area (TPSA) is 75.1 Å². The quantitative estimate of drug-likeness (QED) is 0.872. The highest BCUT2D eigenvalue weighted by molar-refractivity contribution is 5.90. The van der Waals surface area contributed by atoms with E-state index >= 15 is 0 Å². The Bertz CT molecular complexity index is 711. The van der Waals surface area contributed by atoms with E-state index in [0.717, 1.165) is 5.39 Å². The summed E-state index contributed by atoms with van der Waals surface area (Å²) >= 11 is 0. The van der Waals surface area contributed by atoms with Gasteiger partial charge in [-0.25, -0.2) is 0 Å². The molecule has 92 valence electrons. The molecule has 0 amide bonds. The first-order valence-electron chi connectivity index (χ1n) is 5.31. The first kappa shape index (κ1) is 12.0. The Morgan fingerprint density at radius 2 is 2.00 bits per heavy atom. The lowest BCUT2D eigenvalue weighted by Crippen LogP contribution is -2.12. The van der Waals surface area contributed by atoms with Gasteiger partial charge in [0.2, 0.25) is 0 Å². The number of nitrogens with zero attached hydrogens (tertiary/aromatic N) is 1. The number of aromatic nitrogens is 1. The number of nitrogens with one attached hydrogen (secondary N) is 1. The van der Waals surface area contributed by atoms with Crippen molar-refractivity contribution in [3.8, 4) is 17.6 Å². The lowest BCUT2D eigenvalue weighted by atomic mass is 10.0. The van der Waals surface area contributed by atoms with Crippen molar-refractivity contribution in [1.82, 2.24) is 4.98 Å². The molecule has 0 saturated carbocycles. The van der Waals surface area contributed by atoms with Crippen LogP contribution in [0.5, 0.6) is 11.5 Å². The van der Waals surface area contributed by atoms with Crippen LogP contribution < -0.4 is 15.0 Å². The van der Waals surface area contributed by atoms with Gasteiger partial charge in [-0.3, -0.25) is 4.79 Å². The van der Waals surface area contributed by atoms with Gasteiger partial charge in [-0.15, -0.1) is 0 Å². The number of rotatable bonds is 2. The number of pyridine rings is 1. The van der Waals surface area contributed by atoms with Crippen LogP contribution >= 0.6 is 0 Å². The molecule has 1 aromatic heterocycles. The second-order valence-corrected chi connectivity index (χ2v) is 3.82. The minimum absolute atomic E-state index is 0.109. The molecule has 0 aliphatic rings. The highest BCUT2D eigenvalue weighted by atomic mass is 16.5. The first-order chi connectivity index (χ1) is 8.62. The molecule has 1 N–H and O–H groups in total. The highest BCUT2D eigenvalue weighted by Gasteiger charge is 2.13. The lowest BCUT2D eigenvalue weighted by molar-refractivity contribution is 0.397. The van der Waals surface area contributed by atoms with Gasteiger partial charge in [-0.1, -0.05) is 0 Å². The zero-order valence-electron chi connectivity index (χ0n) is 10.3. The summed E-state index contributed by atoms with van der Waals surface area (Å²) in [7, 11) is 3.06. The van der Waals surface area contributed by atoms with E-state index in [-0.39, 0.29) is 5.56 Å². The summed E-state index contributed by atoms with van der Waals surface area (Å²) < 4.78 is 10.4. The smallest absolute Gasteiger partial charge is 0.266 e. The monoisotopic (exact) mass is 244 g/mol. The summed E-state index contributed by atoms with van der Waals surface area (Å²) in [6, 6.07) is 5.36. The van der Waals surface area contributed by atoms with E-state index in [2.05, 4.69) is 4.98 Å². The van der Waals surface area contributed by atoms with Crippen molar-refractivity contribution in [1.29, 1.82) is 5.26 Å². The van der Waals surface area contributed by atoms with Gasteiger partial charge in [-0.05, 0) is 18.6 Å². The van der Waals surface area contributed by atoms with Gasteiger partial charge < -0.3 is 14.5 Å². The van der Waals surface area contributed by atoms with Gasteiger partial charge >= 0.3 is 0 Å². The van der Waals surface area contributed by atoms with E-state index < -0.39 is 5.56 Å². The van der Waals surface area contributed by atoms with Crippen molar-refractivity contribution >= 4 is 10.9 Å². The van der Waals surface area contributed by atoms with Crippen molar-refractivity contribution in [2.75, 3.05) is 14.2 Å². The summed E-state index contributed by atoms with van der Waals surface area (Å²) in [6.07, 6.45) is 0. The van der Waals surface area contributed by atoms with E-state index in [1.807, 2.05) is 6.07 Å². The molecule has 0 unspecified atom stereocenters. The van der Waals surface area contributed by atoms with Crippen molar-refractivity contribution < 1.29 is 9.47 Å². The van der Waals surface area contributed by atoms with Crippen molar-refractivity contribution in [3.05, 3.63) is 33.6 Å². The second kappa shape index (κ2) is 4.41. The van der Waals surface area contributed by atoms with Crippen molar-refractivity contribution in [2.45, 2.75) is 6.92 Å². The number of nitriles is 1. The molecule has 0 radical (unpaired) electrons. The maximum Gasteiger partial charge on any atom is 0.266 e. The number of fused-ring (bicyclic) bond motifs is 1. The first-order valence-corrected chi connectivity index (χ1v) is 5.31. The Morgan fingerprint density at radius 1 is 1.28 bits per heavy atom. The van der Waals surface area contributed by atoms with E-state index in [1.54, 1.807) is 26.2 Å². The molecule has 0 saturated heterocycles. The fraction of sp³-hybridized carbons (Fsp3) is 0.231. The van der Waals surface area contributed by atoms with E-state index in [1.165, 1.54) is 7.11 Å². The average molecular weight is 244 g/mol. The number of ether oxygens (including phenoxy) is 2. The fourth-order valence-electron chi connectivity index (χ4n) is 1.91. The average Bonchev–Trinajstić information content (AvgIpc) is 2.38. The minimum atomic E-state index is -0.411. The Kier molecular flexibility index (Phi) is 2.94. The molecule has 1 heterocycles. The van der Waals surface area contributed by atoms with Crippen LogP contribution in [0.25, 0.3) is 10.9 Å². The zero-order chi connectivity index (χ0) is 13.3. The third-order valence-corrected chi connectivity index (χ3v) is 2.89. The van der Waals surface area contributed by atoms with Gasteiger partial charge in [-0.2, -0.15) is 5.26 Å². The molecule has 0 aliphatic carbocycles. The normalized spacial score (nSPS) is 10.1. The molecule has 5 nitrogen and oxygen atoms in total. The van der Waals surface area contributed by atoms with Crippen LogP contribution in [0.2, 0.25) is 0 Å². The molecule has 2 rings (SSSR count). The molecule has 0 aliphatic heterocycles. The number of methoxy groups -OCH3 is 2. The van der Waals surface area contributed by atoms with Crippen LogP contribution in [-0.2, 0) is 0 Å².